The van der Waals surface area contributed by atoms with Crippen LogP contribution in [-0.4, -0.2) is 45.8 Å². The molecule has 0 bridgehead atoms. The number of nitrogens with zero attached hydrogens (tertiary/aromatic N) is 4. The van der Waals surface area contributed by atoms with E-state index < -0.39 is 0 Å². The fraction of sp³-hybridized carbons (Fsp3) is 0.545. The van der Waals surface area contributed by atoms with Crippen molar-refractivity contribution in [3.8, 4) is 0 Å². The molecular weight excluding hydrogens is 366 g/mol. The fourth-order valence-electron chi connectivity index (χ4n) is 4.67. The number of hydrogen-bond donors (Lipinski definition) is 1. The zero-order valence-corrected chi connectivity index (χ0v) is 17.0. The highest BCUT2D eigenvalue weighted by Crippen LogP contribution is 2.30. The molecule has 0 aromatic carbocycles. The quantitative estimate of drug-likeness (QED) is 0.728. The van der Waals surface area contributed by atoms with Gasteiger partial charge in [0.25, 0.3) is 0 Å². The van der Waals surface area contributed by atoms with Gasteiger partial charge in [-0.1, -0.05) is 0 Å². The molecule has 7 nitrogen and oxygen atoms in total. The fourth-order valence-corrected chi connectivity index (χ4v) is 4.67. The highest BCUT2D eigenvalue weighted by Gasteiger charge is 2.25. The van der Waals surface area contributed by atoms with Crippen molar-refractivity contribution in [2.24, 2.45) is 0 Å². The van der Waals surface area contributed by atoms with Crippen molar-refractivity contribution >= 4 is 11.5 Å². The Bertz CT molecular complexity index is 988. The second-order valence-corrected chi connectivity index (χ2v) is 8.42. The van der Waals surface area contributed by atoms with E-state index in [0.717, 1.165) is 87.1 Å². The van der Waals surface area contributed by atoms with Crippen molar-refractivity contribution < 1.29 is 9.15 Å². The average Bonchev–Trinajstić information content (AvgIpc) is 3.35. The summed E-state index contributed by atoms with van der Waals surface area (Å²) >= 11 is 0. The molecule has 29 heavy (non-hydrogen) atoms. The van der Waals surface area contributed by atoms with Gasteiger partial charge in [0, 0.05) is 43.7 Å². The van der Waals surface area contributed by atoms with E-state index in [1.54, 1.807) is 4.52 Å². The van der Waals surface area contributed by atoms with Gasteiger partial charge in [0.1, 0.15) is 17.3 Å². The number of likely N-dealkylation sites (tertiary alicyclic amines) is 1. The molecule has 3 aromatic rings. The Labute approximate surface area is 170 Å². The van der Waals surface area contributed by atoms with Crippen LogP contribution in [0.1, 0.15) is 60.4 Å². The normalized spacial score (nSPS) is 21.8. The highest BCUT2D eigenvalue weighted by atomic mass is 16.5. The third-order valence-corrected chi connectivity index (χ3v) is 6.23. The summed E-state index contributed by atoms with van der Waals surface area (Å²) in [5, 5.41) is 4.75. The molecule has 0 amide bonds. The first-order valence-corrected chi connectivity index (χ1v) is 10.7. The van der Waals surface area contributed by atoms with E-state index in [9.17, 15) is 0 Å². The van der Waals surface area contributed by atoms with Crippen LogP contribution in [0.5, 0.6) is 0 Å². The van der Waals surface area contributed by atoms with Gasteiger partial charge in [0.2, 0.25) is 0 Å². The van der Waals surface area contributed by atoms with Crippen LogP contribution in [0.15, 0.2) is 28.7 Å². The number of nitrogen functional groups attached to an aromatic ring is 1. The SMILES string of the molecule is Cc1ccc(CN2CCC[C@@H](c3cc(N)n4nc(C5CCOCC5)cc4n3)C2)o1. The lowest BCUT2D eigenvalue weighted by atomic mass is 9.94. The standard InChI is InChI=1S/C22H29N5O2/c1-15-4-5-18(29-15)14-26-8-2-3-17(13-26)19-11-21(23)27-22(24-19)12-20(25-27)16-6-9-28-10-7-16/h4-5,11-12,16-17H,2-3,6-10,13-14,23H2,1H3/t17-/m1/s1. The van der Waals surface area contributed by atoms with Gasteiger partial charge in [-0.2, -0.15) is 9.61 Å². The summed E-state index contributed by atoms with van der Waals surface area (Å²) in [5.74, 6) is 3.49. The first-order chi connectivity index (χ1) is 14.2. The van der Waals surface area contributed by atoms with Crippen LogP contribution in [0.2, 0.25) is 0 Å². The summed E-state index contributed by atoms with van der Waals surface area (Å²) in [5.41, 5.74) is 9.40. The topological polar surface area (TPSA) is 81.8 Å². The number of aromatic nitrogens is 3. The van der Waals surface area contributed by atoms with E-state index in [1.165, 1.54) is 0 Å². The number of anilines is 1. The van der Waals surface area contributed by atoms with Crippen LogP contribution in [0.3, 0.4) is 0 Å². The lowest BCUT2D eigenvalue weighted by molar-refractivity contribution is 0.0844. The Morgan fingerprint density at radius 1 is 1.10 bits per heavy atom. The minimum Gasteiger partial charge on any atom is -0.465 e. The van der Waals surface area contributed by atoms with Crippen LogP contribution < -0.4 is 5.73 Å². The molecule has 2 saturated heterocycles. The van der Waals surface area contributed by atoms with Gasteiger partial charge in [-0.25, -0.2) is 4.98 Å². The summed E-state index contributed by atoms with van der Waals surface area (Å²) < 4.78 is 13.0. The van der Waals surface area contributed by atoms with E-state index in [4.69, 9.17) is 25.0 Å². The first kappa shape index (κ1) is 18.6. The zero-order chi connectivity index (χ0) is 19.8. The Balaban J connectivity index is 1.36. The molecule has 3 aromatic heterocycles. The van der Waals surface area contributed by atoms with E-state index in [2.05, 4.69) is 17.0 Å². The van der Waals surface area contributed by atoms with Gasteiger partial charge in [0.05, 0.1) is 17.9 Å². The molecule has 0 saturated carbocycles. The summed E-state index contributed by atoms with van der Waals surface area (Å²) in [6, 6.07) is 8.23. The van der Waals surface area contributed by atoms with Gasteiger partial charge < -0.3 is 14.9 Å². The molecule has 0 aliphatic carbocycles. The number of furan rings is 1. The molecule has 5 heterocycles. The lowest BCUT2D eigenvalue weighted by Crippen LogP contribution is -2.34. The largest absolute Gasteiger partial charge is 0.465 e. The Morgan fingerprint density at radius 2 is 1.97 bits per heavy atom. The molecule has 5 rings (SSSR count). The predicted octanol–water partition coefficient (Wildman–Crippen LogP) is 3.49. The molecule has 0 spiro atoms. The maximum atomic E-state index is 6.37. The number of rotatable bonds is 4. The smallest absolute Gasteiger partial charge is 0.157 e. The van der Waals surface area contributed by atoms with E-state index in [-0.39, 0.29) is 0 Å². The second kappa shape index (κ2) is 7.80. The van der Waals surface area contributed by atoms with Gasteiger partial charge in [-0.05, 0) is 51.3 Å². The van der Waals surface area contributed by atoms with Gasteiger partial charge in [-0.15, -0.1) is 0 Å². The van der Waals surface area contributed by atoms with Crippen LogP contribution >= 0.6 is 0 Å². The Morgan fingerprint density at radius 3 is 2.76 bits per heavy atom. The van der Waals surface area contributed by atoms with Gasteiger partial charge >= 0.3 is 0 Å². The minimum absolute atomic E-state index is 0.383. The van der Waals surface area contributed by atoms with E-state index in [0.29, 0.717) is 17.7 Å². The molecular formula is C22H29N5O2. The van der Waals surface area contributed by atoms with Crippen molar-refractivity contribution in [1.82, 2.24) is 19.5 Å². The number of aryl methyl sites for hydroxylation is 1. The monoisotopic (exact) mass is 395 g/mol. The minimum atomic E-state index is 0.383. The van der Waals surface area contributed by atoms with Crippen LogP contribution in [0, 0.1) is 6.92 Å². The number of hydrogen-bond acceptors (Lipinski definition) is 6. The van der Waals surface area contributed by atoms with E-state index >= 15 is 0 Å². The third-order valence-electron chi connectivity index (χ3n) is 6.23. The lowest BCUT2D eigenvalue weighted by Gasteiger charge is -2.31. The van der Waals surface area contributed by atoms with Crippen LogP contribution in [0.25, 0.3) is 5.65 Å². The Hall–Kier alpha value is -2.38. The van der Waals surface area contributed by atoms with Crippen molar-refractivity contribution in [2.75, 3.05) is 32.0 Å². The number of fused-ring (bicyclic) bond motifs is 1. The molecule has 0 unspecified atom stereocenters. The molecule has 2 aliphatic rings. The summed E-state index contributed by atoms with van der Waals surface area (Å²) in [6.07, 6.45) is 4.32. The molecule has 0 radical (unpaired) electrons. The van der Waals surface area contributed by atoms with Crippen molar-refractivity contribution in [2.45, 2.75) is 51.0 Å². The molecule has 154 valence electrons. The van der Waals surface area contributed by atoms with Crippen molar-refractivity contribution in [3.63, 3.8) is 0 Å². The molecule has 1 atom stereocenters. The highest BCUT2D eigenvalue weighted by molar-refractivity contribution is 5.49. The van der Waals surface area contributed by atoms with Gasteiger partial charge in [0.15, 0.2) is 5.65 Å². The van der Waals surface area contributed by atoms with Crippen LogP contribution in [-0.2, 0) is 11.3 Å². The molecule has 2 fully saturated rings. The molecule has 7 heteroatoms. The zero-order valence-electron chi connectivity index (χ0n) is 17.0. The van der Waals surface area contributed by atoms with Crippen molar-refractivity contribution in [3.05, 3.63) is 47.2 Å². The first-order valence-electron chi connectivity index (χ1n) is 10.7. The number of piperidine rings is 1. The second-order valence-electron chi connectivity index (χ2n) is 8.42. The van der Waals surface area contributed by atoms with Crippen LogP contribution in [0.4, 0.5) is 5.82 Å². The Kier molecular flexibility index (Phi) is 5.01. The van der Waals surface area contributed by atoms with E-state index in [1.807, 2.05) is 19.1 Å². The van der Waals surface area contributed by atoms with Gasteiger partial charge in [-0.3, -0.25) is 4.90 Å². The third kappa shape index (κ3) is 3.89. The van der Waals surface area contributed by atoms with Crippen molar-refractivity contribution in [1.29, 1.82) is 0 Å². The summed E-state index contributed by atoms with van der Waals surface area (Å²) in [6.45, 7) is 6.52. The molecule has 2 aliphatic heterocycles. The summed E-state index contributed by atoms with van der Waals surface area (Å²) in [7, 11) is 0. The average molecular weight is 396 g/mol. The number of ether oxygens (including phenoxy) is 1. The summed E-state index contributed by atoms with van der Waals surface area (Å²) in [4.78, 5) is 7.42. The molecule has 2 N–H and O–H groups in total. The maximum Gasteiger partial charge on any atom is 0.157 e. The maximum absolute atomic E-state index is 6.37. The predicted molar refractivity (Wildman–Crippen MR) is 111 cm³/mol. The number of nitrogens with two attached hydrogens (primary N) is 1.